The summed E-state index contributed by atoms with van der Waals surface area (Å²) in [6.07, 6.45) is 0.338. The molecule has 0 radical (unpaired) electrons. The van der Waals surface area contributed by atoms with Gasteiger partial charge in [0.25, 0.3) is 0 Å². The van der Waals surface area contributed by atoms with Gasteiger partial charge in [0.15, 0.2) is 15.6 Å². The zero-order valence-corrected chi connectivity index (χ0v) is 11.5. The van der Waals surface area contributed by atoms with Crippen LogP contribution in [-0.2, 0) is 14.6 Å². The van der Waals surface area contributed by atoms with E-state index in [4.69, 9.17) is 0 Å². The molecule has 1 heterocycles. The Bertz CT molecular complexity index is 643. The maximum absolute atomic E-state index is 12.3. The van der Waals surface area contributed by atoms with Gasteiger partial charge in [-0.3, -0.25) is 4.79 Å². The fourth-order valence-corrected chi connectivity index (χ4v) is 4.16. The maximum atomic E-state index is 12.3. The first-order chi connectivity index (χ1) is 8.93. The average Bonchev–Trinajstić information content (AvgIpc) is 2.71. The normalized spacial score (nSPS) is 22.6. The molecule has 5 heteroatoms. The van der Waals surface area contributed by atoms with Crippen LogP contribution in [0.5, 0.6) is 0 Å². The summed E-state index contributed by atoms with van der Waals surface area (Å²) in [5, 5.41) is 9.21. The molecular formula is C14H15NO3S. The third-order valence-corrected chi connectivity index (χ3v) is 5.19. The third-order valence-electron chi connectivity index (χ3n) is 3.42. The van der Waals surface area contributed by atoms with Crippen LogP contribution in [0.2, 0.25) is 0 Å². The van der Waals surface area contributed by atoms with Crippen LogP contribution in [0.25, 0.3) is 0 Å². The Morgan fingerprint density at radius 1 is 1.47 bits per heavy atom. The van der Waals surface area contributed by atoms with E-state index in [2.05, 4.69) is 0 Å². The molecular weight excluding hydrogens is 262 g/mol. The molecule has 1 fully saturated rings. The molecule has 1 aliphatic rings. The van der Waals surface area contributed by atoms with Crippen LogP contribution < -0.4 is 0 Å². The van der Waals surface area contributed by atoms with E-state index in [-0.39, 0.29) is 17.3 Å². The standard InChI is InChI=1S/C14H15NO3S/c1-10-3-2-4-11(7-10)13(8-15)14(16)12-5-6-19(17,18)9-12/h2-4,7,12-13H,5-6,9H2,1H3. The molecule has 0 aromatic heterocycles. The Morgan fingerprint density at radius 3 is 2.74 bits per heavy atom. The van der Waals surface area contributed by atoms with E-state index < -0.39 is 21.7 Å². The van der Waals surface area contributed by atoms with Gasteiger partial charge < -0.3 is 0 Å². The lowest BCUT2D eigenvalue weighted by Crippen LogP contribution is -2.22. The molecule has 1 aliphatic heterocycles. The predicted octanol–water partition coefficient (Wildman–Crippen LogP) is 1.61. The van der Waals surface area contributed by atoms with Crippen molar-refractivity contribution in [3.8, 4) is 6.07 Å². The summed E-state index contributed by atoms with van der Waals surface area (Å²) >= 11 is 0. The Hall–Kier alpha value is -1.67. The minimum atomic E-state index is -3.10. The molecule has 100 valence electrons. The van der Waals surface area contributed by atoms with Crippen molar-refractivity contribution in [2.45, 2.75) is 19.3 Å². The van der Waals surface area contributed by atoms with E-state index in [9.17, 15) is 18.5 Å². The number of nitrogens with zero attached hydrogens (tertiary/aromatic N) is 1. The smallest absolute Gasteiger partial charge is 0.158 e. The molecule has 0 N–H and O–H groups in total. The Labute approximate surface area is 113 Å². The van der Waals surface area contributed by atoms with Crippen molar-refractivity contribution in [2.75, 3.05) is 11.5 Å². The molecule has 0 amide bonds. The summed E-state index contributed by atoms with van der Waals surface area (Å²) in [7, 11) is -3.10. The molecule has 1 aromatic carbocycles. The number of carbonyl (C=O) groups is 1. The lowest BCUT2D eigenvalue weighted by atomic mass is 9.87. The molecule has 0 saturated carbocycles. The van der Waals surface area contributed by atoms with E-state index in [1.54, 1.807) is 18.2 Å². The SMILES string of the molecule is Cc1cccc(C(C#N)C(=O)C2CCS(=O)(=O)C2)c1. The predicted molar refractivity (Wildman–Crippen MR) is 71.3 cm³/mol. The number of ketones is 1. The largest absolute Gasteiger partial charge is 0.297 e. The van der Waals surface area contributed by atoms with Gasteiger partial charge in [0.05, 0.1) is 17.6 Å². The Morgan fingerprint density at radius 2 is 2.21 bits per heavy atom. The third kappa shape index (κ3) is 3.02. The first-order valence-electron chi connectivity index (χ1n) is 6.13. The van der Waals surface area contributed by atoms with Crippen LogP contribution in [0.3, 0.4) is 0 Å². The summed E-state index contributed by atoms with van der Waals surface area (Å²) in [4.78, 5) is 12.3. The van der Waals surface area contributed by atoms with Crippen LogP contribution in [-0.4, -0.2) is 25.7 Å². The van der Waals surface area contributed by atoms with Gasteiger partial charge in [0.2, 0.25) is 0 Å². The van der Waals surface area contributed by atoms with Crippen LogP contribution in [0.1, 0.15) is 23.5 Å². The van der Waals surface area contributed by atoms with Crippen molar-refractivity contribution in [2.24, 2.45) is 5.92 Å². The van der Waals surface area contributed by atoms with Gasteiger partial charge in [-0.1, -0.05) is 29.8 Å². The number of nitriles is 1. The summed E-state index contributed by atoms with van der Waals surface area (Å²) in [6.45, 7) is 1.89. The van der Waals surface area contributed by atoms with Crippen molar-refractivity contribution in [1.29, 1.82) is 5.26 Å². The number of aryl methyl sites for hydroxylation is 1. The van der Waals surface area contributed by atoms with Gasteiger partial charge >= 0.3 is 0 Å². The number of hydrogen-bond donors (Lipinski definition) is 0. The van der Waals surface area contributed by atoms with Crippen LogP contribution in [0, 0.1) is 24.2 Å². The zero-order chi connectivity index (χ0) is 14.0. The monoisotopic (exact) mass is 277 g/mol. The fourth-order valence-electron chi connectivity index (χ4n) is 2.41. The molecule has 0 spiro atoms. The minimum absolute atomic E-state index is 0.0510. The number of benzene rings is 1. The number of carbonyl (C=O) groups excluding carboxylic acids is 1. The highest BCUT2D eigenvalue weighted by Crippen LogP contribution is 2.27. The molecule has 4 nitrogen and oxygen atoms in total. The molecule has 2 unspecified atom stereocenters. The molecule has 2 atom stereocenters. The summed E-state index contributed by atoms with van der Waals surface area (Å²) < 4.78 is 22.8. The molecule has 2 rings (SSSR count). The number of hydrogen-bond acceptors (Lipinski definition) is 4. The first kappa shape index (κ1) is 13.8. The lowest BCUT2D eigenvalue weighted by molar-refractivity contribution is -0.122. The van der Waals surface area contributed by atoms with Crippen molar-refractivity contribution >= 4 is 15.6 Å². The van der Waals surface area contributed by atoms with Gasteiger partial charge in [-0.15, -0.1) is 0 Å². The quantitative estimate of drug-likeness (QED) is 0.841. The van der Waals surface area contributed by atoms with Gasteiger partial charge in [0, 0.05) is 5.92 Å². The second kappa shape index (κ2) is 5.14. The highest BCUT2D eigenvalue weighted by molar-refractivity contribution is 7.91. The van der Waals surface area contributed by atoms with Crippen LogP contribution in [0.15, 0.2) is 24.3 Å². The summed E-state index contributed by atoms with van der Waals surface area (Å²) in [5.41, 5.74) is 1.63. The molecule has 0 aliphatic carbocycles. The van der Waals surface area contributed by atoms with E-state index in [0.29, 0.717) is 12.0 Å². The summed E-state index contributed by atoms with van der Waals surface area (Å²) in [5.74, 6) is -1.73. The van der Waals surface area contributed by atoms with Gasteiger partial charge in [-0.05, 0) is 18.9 Å². The van der Waals surface area contributed by atoms with E-state index in [0.717, 1.165) is 5.56 Å². The van der Waals surface area contributed by atoms with Crippen LogP contribution >= 0.6 is 0 Å². The average molecular weight is 277 g/mol. The van der Waals surface area contributed by atoms with E-state index in [1.165, 1.54) is 0 Å². The van der Waals surface area contributed by atoms with E-state index >= 15 is 0 Å². The van der Waals surface area contributed by atoms with Crippen LogP contribution in [0.4, 0.5) is 0 Å². The maximum Gasteiger partial charge on any atom is 0.158 e. The number of sulfone groups is 1. The topological polar surface area (TPSA) is 75.0 Å². The van der Waals surface area contributed by atoms with Crippen molar-refractivity contribution < 1.29 is 13.2 Å². The van der Waals surface area contributed by atoms with Gasteiger partial charge in [0.1, 0.15) is 5.92 Å². The first-order valence-corrected chi connectivity index (χ1v) is 7.95. The fraction of sp³-hybridized carbons (Fsp3) is 0.429. The van der Waals surface area contributed by atoms with Gasteiger partial charge in [-0.2, -0.15) is 5.26 Å². The van der Waals surface area contributed by atoms with Crippen molar-refractivity contribution in [3.05, 3.63) is 35.4 Å². The Balaban J connectivity index is 2.24. The number of Topliss-reactive ketones (excluding diaryl/α,β-unsaturated/α-hetero) is 1. The van der Waals surface area contributed by atoms with E-state index in [1.807, 2.05) is 19.1 Å². The van der Waals surface area contributed by atoms with Crippen molar-refractivity contribution in [3.63, 3.8) is 0 Å². The molecule has 1 saturated heterocycles. The highest BCUT2D eigenvalue weighted by Gasteiger charge is 2.36. The van der Waals surface area contributed by atoms with Crippen molar-refractivity contribution in [1.82, 2.24) is 0 Å². The number of rotatable bonds is 3. The highest BCUT2D eigenvalue weighted by atomic mass is 32.2. The second-order valence-corrected chi connectivity index (χ2v) is 7.21. The lowest BCUT2D eigenvalue weighted by Gasteiger charge is -2.13. The van der Waals surface area contributed by atoms with Gasteiger partial charge in [-0.25, -0.2) is 8.42 Å². The minimum Gasteiger partial charge on any atom is -0.297 e. The zero-order valence-electron chi connectivity index (χ0n) is 10.7. The molecule has 0 bridgehead atoms. The summed E-state index contributed by atoms with van der Waals surface area (Å²) in [6, 6.07) is 9.23. The molecule has 1 aromatic rings. The Kier molecular flexibility index (Phi) is 3.72. The molecule has 19 heavy (non-hydrogen) atoms. The second-order valence-electron chi connectivity index (χ2n) is 4.98.